The molecule has 0 aromatic heterocycles. The average Bonchev–Trinajstić information content (AvgIpc) is 2.59. The predicted molar refractivity (Wildman–Crippen MR) is 102 cm³/mol. The first kappa shape index (κ1) is 21.4. The minimum absolute atomic E-state index is 0. The van der Waals surface area contributed by atoms with Crippen LogP contribution in [0.5, 0.6) is 0 Å². The molecule has 0 saturated carbocycles. The second-order valence-corrected chi connectivity index (χ2v) is 9.21. The third-order valence-corrected chi connectivity index (χ3v) is 7.12. The van der Waals surface area contributed by atoms with Gasteiger partial charge < -0.3 is 0 Å². The van der Waals surface area contributed by atoms with Gasteiger partial charge in [-0.15, -0.1) is 0 Å². The summed E-state index contributed by atoms with van der Waals surface area (Å²) < 4.78 is 23.9. The molecule has 142 valence electrons. The molecule has 0 aliphatic rings. The number of benzene rings is 1. The number of hydrogen-bond donors (Lipinski definition) is 1. The molecule has 5 nitrogen and oxygen atoms in total. The Morgan fingerprint density at radius 1 is 1.16 bits per heavy atom. The van der Waals surface area contributed by atoms with Gasteiger partial charge in [-0.3, -0.25) is 9.63 Å². The zero-order valence-electron chi connectivity index (χ0n) is 16.0. The molecular weight excluding hydrogens is 338 g/mol. The molecule has 0 fully saturated rings. The molecule has 0 atom stereocenters. The molecule has 0 bridgehead atoms. The van der Waals surface area contributed by atoms with E-state index < -0.39 is 20.5 Å². The van der Waals surface area contributed by atoms with Crippen molar-refractivity contribution in [2.24, 2.45) is 0 Å². The fraction of sp³-hybridized carbons (Fsp3) is 0.526. The van der Waals surface area contributed by atoms with Crippen LogP contribution in [-0.2, 0) is 25.9 Å². The molecule has 1 N–H and O–H groups in total. The Morgan fingerprint density at radius 2 is 1.72 bits per heavy atom. The number of sulfone groups is 1. The van der Waals surface area contributed by atoms with Crippen molar-refractivity contribution in [1.29, 1.82) is 0 Å². The summed E-state index contributed by atoms with van der Waals surface area (Å²) in [4.78, 5) is 16.7. The van der Waals surface area contributed by atoms with Crippen molar-refractivity contribution < 1.29 is 19.5 Å². The first-order valence-electron chi connectivity index (χ1n) is 8.40. The molecule has 1 aromatic carbocycles. The lowest BCUT2D eigenvalue weighted by molar-refractivity contribution is -0.133. The Kier molecular flexibility index (Phi) is 7.38. The lowest BCUT2D eigenvalue weighted by atomic mass is 10.0. The lowest BCUT2D eigenvalue weighted by Crippen LogP contribution is -2.47. The van der Waals surface area contributed by atoms with Gasteiger partial charge in [0, 0.05) is 1.43 Å². The van der Waals surface area contributed by atoms with Crippen LogP contribution < -0.4 is 5.48 Å². The van der Waals surface area contributed by atoms with E-state index in [4.69, 9.17) is 0 Å². The van der Waals surface area contributed by atoms with Crippen LogP contribution in [0.1, 0.15) is 54.5 Å². The molecule has 1 amide bonds. The maximum Gasteiger partial charge on any atom is 0.264 e. The number of amides is 1. The van der Waals surface area contributed by atoms with Crippen LogP contribution in [0.3, 0.4) is 0 Å². The van der Waals surface area contributed by atoms with Crippen LogP contribution in [0.4, 0.5) is 0 Å². The van der Waals surface area contributed by atoms with Gasteiger partial charge in [0.2, 0.25) is 0 Å². The Hall–Kier alpha value is -1.66. The summed E-state index contributed by atoms with van der Waals surface area (Å²) in [6.45, 7) is 9.14. The average molecular weight is 370 g/mol. The summed E-state index contributed by atoms with van der Waals surface area (Å²) >= 11 is 0. The maximum absolute atomic E-state index is 12.8. The van der Waals surface area contributed by atoms with Crippen molar-refractivity contribution in [3.8, 4) is 0 Å². The zero-order chi connectivity index (χ0) is 19.3. The summed E-state index contributed by atoms with van der Waals surface area (Å²) in [7, 11) is -2.56. The summed E-state index contributed by atoms with van der Waals surface area (Å²) in [5, 5.41) is 0. The van der Waals surface area contributed by atoms with Crippen molar-refractivity contribution in [1.82, 2.24) is 5.48 Å². The van der Waals surface area contributed by atoms with Crippen LogP contribution >= 0.6 is 0 Å². The number of hydroxylamine groups is 1. The molecule has 1 rings (SSSR count). The van der Waals surface area contributed by atoms with E-state index in [1.54, 1.807) is 12.1 Å². The van der Waals surface area contributed by atoms with Gasteiger partial charge in [0.25, 0.3) is 5.91 Å². The molecular formula is C19H31NO4S. The lowest BCUT2D eigenvalue weighted by Gasteiger charge is -2.23. The van der Waals surface area contributed by atoms with Gasteiger partial charge in [-0.1, -0.05) is 30.2 Å². The van der Waals surface area contributed by atoms with Crippen molar-refractivity contribution in [2.45, 2.75) is 63.5 Å². The van der Waals surface area contributed by atoms with Crippen molar-refractivity contribution >= 4 is 15.7 Å². The number of nitrogens with one attached hydrogen (secondary N) is 1. The minimum atomic E-state index is -3.83. The molecule has 6 heteroatoms. The fourth-order valence-electron chi connectivity index (χ4n) is 2.31. The van der Waals surface area contributed by atoms with Gasteiger partial charge in [-0.05, 0) is 64.7 Å². The Morgan fingerprint density at radius 3 is 2.20 bits per heavy atom. The van der Waals surface area contributed by atoms with E-state index in [1.807, 2.05) is 12.1 Å². The summed E-state index contributed by atoms with van der Waals surface area (Å²) in [5.74, 6) is -0.699. The molecule has 1 aromatic rings. The van der Waals surface area contributed by atoms with E-state index in [-0.39, 0.29) is 6.32 Å². The summed E-state index contributed by atoms with van der Waals surface area (Å²) in [6.07, 6.45) is 2.85. The van der Waals surface area contributed by atoms with Gasteiger partial charge in [0.1, 0.15) is 0 Å². The third kappa shape index (κ3) is 4.92. The van der Waals surface area contributed by atoms with E-state index in [1.165, 1.54) is 32.1 Å². The van der Waals surface area contributed by atoms with Crippen LogP contribution in [-0.4, -0.2) is 26.2 Å². The topological polar surface area (TPSA) is 72.5 Å². The molecule has 0 radical (unpaired) electrons. The maximum atomic E-state index is 12.8. The molecule has 0 aliphatic heterocycles. The van der Waals surface area contributed by atoms with Gasteiger partial charge in [-0.2, -0.15) is 0 Å². The number of allylic oxidation sites excluding steroid dienone is 2. The second kappa shape index (κ2) is 8.63. The van der Waals surface area contributed by atoms with Gasteiger partial charge in [0.05, 0.1) is 12.0 Å². The number of rotatable bonds is 8. The van der Waals surface area contributed by atoms with Crippen LogP contribution in [0.25, 0.3) is 0 Å². The van der Waals surface area contributed by atoms with E-state index in [0.717, 1.165) is 24.8 Å². The monoisotopic (exact) mass is 369 g/mol. The summed E-state index contributed by atoms with van der Waals surface area (Å²) in [6, 6.07) is 6.76. The Labute approximate surface area is 152 Å². The second-order valence-electron chi connectivity index (χ2n) is 6.71. The normalized spacial score (nSPS) is 13.4. The van der Waals surface area contributed by atoms with E-state index in [0.29, 0.717) is 0 Å². The highest BCUT2D eigenvalue weighted by Gasteiger charge is 2.43. The first-order valence-corrected chi connectivity index (χ1v) is 9.88. The molecule has 0 saturated heterocycles. The smallest absolute Gasteiger partial charge is 0.264 e. The Bertz CT molecular complexity index is 737. The van der Waals surface area contributed by atoms with E-state index in [9.17, 15) is 13.2 Å². The molecule has 0 aliphatic carbocycles. The molecule has 0 spiro atoms. The highest BCUT2D eigenvalue weighted by Crippen LogP contribution is 2.26. The van der Waals surface area contributed by atoms with Crippen molar-refractivity contribution in [3.05, 3.63) is 41.0 Å². The number of carbonyl (C=O) groups excluding carboxylic acids is 1. The van der Waals surface area contributed by atoms with Gasteiger partial charge >= 0.3 is 0 Å². The fourth-order valence-corrected chi connectivity index (χ4v) is 3.68. The van der Waals surface area contributed by atoms with Crippen LogP contribution in [0, 0.1) is 0 Å². The SMILES string of the molecule is CC/C(C)=C(/C)CCc1ccc(S(=O)(=O)C(C)(C)C(=O)NOC)cc1.[HH]. The first-order chi connectivity index (χ1) is 11.6. The van der Waals surface area contributed by atoms with Crippen LogP contribution in [0.2, 0.25) is 0 Å². The zero-order valence-corrected chi connectivity index (χ0v) is 16.8. The molecule has 0 unspecified atom stereocenters. The van der Waals surface area contributed by atoms with Crippen molar-refractivity contribution in [2.75, 3.05) is 7.11 Å². The highest BCUT2D eigenvalue weighted by atomic mass is 32.2. The highest BCUT2D eigenvalue weighted by molar-refractivity contribution is 7.93. The van der Waals surface area contributed by atoms with Crippen molar-refractivity contribution in [3.63, 3.8) is 0 Å². The Balaban J connectivity index is 0.00000625. The largest absolute Gasteiger partial charge is 0.277 e. The third-order valence-electron chi connectivity index (χ3n) is 4.69. The molecule has 0 heterocycles. The van der Waals surface area contributed by atoms with Crippen LogP contribution in [0.15, 0.2) is 40.3 Å². The van der Waals surface area contributed by atoms with E-state index in [2.05, 4.69) is 31.1 Å². The number of aryl methyl sites for hydroxylation is 1. The predicted octanol–water partition coefficient (Wildman–Crippen LogP) is 3.84. The van der Waals surface area contributed by atoms with Gasteiger partial charge in [-0.25, -0.2) is 13.9 Å². The summed E-state index contributed by atoms with van der Waals surface area (Å²) in [5.41, 5.74) is 5.93. The quantitative estimate of drug-likeness (QED) is 0.558. The number of carbonyl (C=O) groups is 1. The number of hydrogen-bond acceptors (Lipinski definition) is 4. The minimum Gasteiger partial charge on any atom is -0.277 e. The standard InChI is InChI=1S/C19H29NO4S.H2/c1-7-14(2)15(3)8-9-16-10-12-17(13-11-16)25(22,23)19(4,5)18(21)20-24-6;/h10-13H,7-9H2,1-6H3,(H,20,21);1H/b15-14-;. The van der Waals surface area contributed by atoms with E-state index >= 15 is 0 Å². The molecule has 25 heavy (non-hydrogen) atoms. The van der Waals surface area contributed by atoms with Gasteiger partial charge in [0.15, 0.2) is 14.6 Å².